The Labute approximate surface area is 121 Å². The minimum atomic E-state index is 0.122. The zero-order valence-corrected chi connectivity index (χ0v) is 13.8. The Balaban J connectivity index is 2.04. The minimum Gasteiger partial charge on any atom is -0.323 e. The van der Waals surface area contributed by atoms with Gasteiger partial charge in [-0.25, -0.2) is 4.98 Å². The van der Waals surface area contributed by atoms with E-state index in [9.17, 15) is 0 Å². The van der Waals surface area contributed by atoms with Gasteiger partial charge in [0.2, 0.25) is 0 Å². The number of nitrogens with two attached hydrogens (primary N) is 1. The predicted molar refractivity (Wildman–Crippen MR) is 83.6 cm³/mol. The number of hydrogen-bond donors (Lipinski definition) is 1. The fourth-order valence-corrected chi connectivity index (χ4v) is 4.42. The van der Waals surface area contributed by atoms with E-state index in [-0.39, 0.29) is 6.04 Å². The topological polar surface area (TPSA) is 38.9 Å². The molecule has 0 spiro atoms. The second kappa shape index (κ2) is 5.53. The molecule has 1 unspecified atom stereocenters. The van der Waals surface area contributed by atoms with Crippen molar-refractivity contribution < 1.29 is 0 Å². The van der Waals surface area contributed by atoms with E-state index in [1.807, 2.05) is 11.3 Å². The lowest BCUT2D eigenvalue weighted by atomic mass is 9.70. The van der Waals surface area contributed by atoms with Gasteiger partial charge in [-0.15, -0.1) is 11.3 Å². The average molecular weight is 280 g/mol. The fourth-order valence-electron chi connectivity index (χ4n) is 3.23. The summed E-state index contributed by atoms with van der Waals surface area (Å²) in [6, 6.07) is 0.122. The lowest BCUT2D eigenvalue weighted by Gasteiger charge is -2.36. The minimum absolute atomic E-state index is 0.122. The van der Waals surface area contributed by atoms with E-state index in [2.05, 4.69) is 34.6 Å². The number of aromatic nitrogens is 1. The molecule has 1 heterocycles. The van der Waals surface area contributed by atoms with Crippen LogP contribution in [0.15, 0.2) is 0 Å². The molecule has 2 rings (SSSR count). The summed E-state index contributed by atoms with van der Waals surface area (Å²) in [7, 11) is 0. The Morgan fingerprint density at radius 3 is 2.21 bits per heavy atom. The van der Waals surface area contributed by atoms with Crippen LogP contribution in [0.25, 0.3) is 0 Å². The summed E-state index contributed by atoms with van der Waals surface area (Å²) in [5.41, 5.74) is 7.61. The van der Waals surface area contributed by atoms with Crippen LogP contribution in [0.3, 0.4) is 0 Å². The van der Waals surface area contributed by atoms with Gasteiger partial charge in [-0.1, -0.05) is 20.8 Å². The van der Waals surface area contributed by atoms with Gasteiger partial charge in [-0.2, -0.15) is 0 Å². The average Bonchev–Trinajstić information content (AvgIpc) is 2.70. The lowest BCUT2D eigenvalue weighted by molar-refractivity contribution is 0.169. The van der Waals surface area contributed by atoms with E-state index < -0.39 is 0 Å². The van der Waals surface area contributed by atoms with Crippen molar-refractivity contribution in [1.29, 1.82) is 0 Å². The Hall–Kier alpha value is -0.410. The second-order valence-corrected chi connectivity index (χ2v) is 8.27. The number of aryl methyl sites for hydroxylation is 1. The maximum atomic E-state index is 6.01. The molecule has 3 heteroatoms. The van der Waals surface area contributed by atoms with Crippen LogP contribution in [0.4, 0.5) is 0 Å². The third-order valence-electron chi connectivity index (χ3n) is 4.56. The highest BCUT2D eigenvalue weighted by Gasteiger charge is 2.31. The first-order valence-corrected chi connectivity index (χ1v) is 8.33. The smallest absolute Gasteiger partial charge is 0.0962 e. The van der Waals surface area contributed by atoms with Gasteiger partial charge in [-0.05, 0) is 50.9 Å². The van der Waals surface area contributed by atoms with Gasteiger partial charge in [0.15, 0.2) is 0 Å². The molecule has 2 N–H and O–H groups in total. The first-order valence-electron chi connectivity index (χ1n) is 7.52. The van der Waals surface area contributed by atoms with E-state index in [1.165, 1.54) is 35.6 Å². The second-order valence-electron chi connectivity index (χ2n) is 7.21. The molecule has 0 aromatic carbocycles. The normalized spacial score (nSPS) is 26.4. The molecular weight excluding hydrogens is 252 g/mol. The van der Waals surface area contributed by atoms with Crippen molar-refractivity contribution in [3.8, 4) is 0 Å². The molecule has 1 aliphatic carbocycles. The number of nitrogens with zero attached hydrogens (tertiary/aromatic N) is 1. The molecule has 0 amide bonds. The molecule has 108 valence electrons. The molecule has 2 nitrogen and oxygen atoms in total. The highest BCUT2D eigenvalue weighted by atomic mass is 32.1. The summed E-state index contributed by atoms with van der Waals surface area (Å²) in [6.07, 6.45) is 5.29. The van der Waals surface area contributed by atoms with E-state index in [0.717, 1.165) is 11.6 Å². The first-order chi connectivity index (χ1) is 8.79. The maximum Gasteiger partial charge on any atom is 0.0962 e. The standard InChI is InChI=1S/C16H28N2S/c1-10(17)14-11(2)18-15(19-14)12-6-8-13(9-7-12)16(3,4)5/h10,12-13H,6-9,17H2,1-5H3. The van der Waals surface area contributed by atoms with E-state index in [4.69, 9.17) is 10.7 Å². The van der Waals surface area contributed by atoms with Crippen LogP contribution in [0, 0.1) is 18.3 Å². The lowest BCUT2D eigenvalue weighted by Crippen LogP contribution is -2.25. The van der Waals surface area contributed by atoms with Gasteiger partial charge in [0.25, 0.3) is 0 Å². The maximum absolute atomic E-state index is 6.01. The summed E-state index contributed by atoms with van der Waals surface area (Å²) in [5.74, 6) is 1.55. The molecule has 0 bridgehead atoms. The summed E-state index contributed by atoms with van der Waals surface area (Å²) in [5, 5.41) is 1.33. The predicted octanol–water partition coefficient (Wildman–Crippen LogP) is 4.79. The molecule has 1 atom stereocenters. The van der Waals surface area contributed by atoms with Crippen molar-refractivity contribution in [2.75, 3.05) is 0 Å². The molecule has 0 saturated heterocycles. The van der Waals surface area contributed by atoms with Crippen LogP contribution in [0.5, 0.6) is 0 Å². The molecule has 1 aromatic heterocycles. The Kier molecular flexibility index (Phi) is 4.36. The van der Waals surface area contributed by atoms with Crippen LogP contribution >= 0.6 is 11.3 Å². The van der Waals surface area contributed by atoms with Gasteiger partial charge in [0, 0.05) is 16.8 Å². The Morgan fingerprint density at radius 1 is 1.21 bits per heavy atom. The first kappa shape index (κ1) is 15.0. The van der Waals surface area contributed by atoms with Crippen LogP contribution in [0.1, 0.15) is 80.9 Å². The van der Waals surface area contributed by atoms with Gasteiger partial charge in [0.1, 0.15) is 0 Å². The zero-order chi connectivity index (χ0) is 14.2. The van der Waals surface area contributed by atoms with Crippen molar-refractivity contribution >= 4 is 11.3 Å². The third kappa shape index (κ3) is 3.38. The molecule has 0 aliphatic heterocycles. The van der Waals surface area contributed by atoms with Crippen molar-refractivity contribution in [2.24, 2.45) is 17.1 Å². The van der Waals surface area contributed by atoms with Gasteiger partial charge in [-0.3, -0.25) is 0 Å². The van der Waals surface area contributed by atoms with Crippen LogP contribution < -0.4 is 5.73 Å². The summed E-state index contributed by atoms with van der Waals surface area (Å²) < 4.78 is 0. The summed E-state index contributed by atoms with van der Waals surface area (Å²) in [4.78, 5) is 6.05. The largest absolute Gasteiger partial charge is 0.323 e. The molecule has 1 fully saturated rings. The SMILES string of the molecule is Cc1nc(C2CCC(C(C)(C)C)CC2)sc1C(C)N. The number of hydrogen-bond acceptors (Lipinski definition) is 3. The molecule has 0 radical (unpaired) electrons. The van der Waals surface area contributed by atoms with Crippen LogP contribution in [0.2, 0.25) is 0 Å². The molecular formula is C16H28N2S. The van der Waals surface area contributed by atoms with Crippen molar-refractivity contribution in [1.82, 2.24) is 4.98 Å². The Bertz CT molecular complexity index is 420. The number of rotatable bonds is 2. The van der Waals surface area contributed by atoms with Gasteiger partial charge >= 0.3 is 0 Å². The van der Waals surface area contributed by atoms with Crippen molar-refractivity contribution in [3.05, 3.63) is 15.6 Å². The van der Waals surface area contributed by atoms with Crippen molar-refractivity contribution in [2.45, 2.75) is 72.3 Å². The quantitative estimate of drug-likeness (QED) is 0.846. The fraction of sp³-hybridized carbons (Fsp3) is 0.812. The number of thiazole rings is 1. The summed E-state index contributed by atoms with van der Waals surface area (Å²) in [6.45, 7) is 11.3. The van der Waals surface area contributed by atoms with E-state index in [0.29, 0.717) is 11.3 Å². The van der Waals surface area contributed by atoms with E-state index >= 15 is 0 Å². The zero-order valence-electron chi connectivity index (χ0n) is 13.0. The molecule has 1 aromatic rings. The highest BCUT2D eigenvalue weighted by molar-refractivity contribution is 7.11. The van der Waals surface area contributed by atoms with E-state index in [1.54, 1.807) is 0 Å². The molecule has 19 heavy (non-hydrogen) atoms. The van der Waals surface area contributed by atoms with Crippen molar-refractivity contribution in [3.63, 3.8) is 0 Å². The van der Waals surface area contributed by atoms with Gasteiger partial charge in [0.05, 0.1) is 10.7 Å². The molecule has 1 saturated carbocycles. The monoisotopic (exact) mass is 280 g/mol. The van der Waals surface area contributed by atoms with Crippen LogP contribution in [-0.2, 0) is 0 Å². The highest BCUT2D eigenvalue weighted by Crippen LogP contribution is 2.44. The summed E-state index contributed by atoms with van der Waals surface area (Å²) >= 11 is 1.85. The van der Waals surface area contributed by atoms with Gasteiger partial charge < -0.3 is 5.73 Å². The molecule has 1 aliphatic rings. The Morgan fingerprint density at radius 2 is 1.79 bits per heavy atom. The van der Waals surface area contributed by atoms with Crippen LogP contribution in [-0.4, -0.2) is 4.98 Å². The third-order valence-corrected chi connectivity index (χ3v) is 6.08.